The molecule has 3 rings (SSSR count). The van der Waals surface area contributed by atoms with Gasteiger partial charge in [-0.3, -0.25) is 0 Å². The van der Waals surface area contributed by atoms with Crippen LogP contribution in [-0.4, -0.2) is 34.2 Å². The van der Waals surface area contributed by atoms with Crippen LogP contribution in [0.15, 0.2) is 24.4 Å². The van der Waals surface area contributed by atoms with E-state index in [2.05, 4.69) is 19.9 Å². The first-order valence-corrected chi connectivity index (χ1v) is 6.44. The number of methoxy groups -OCH3 is 2. The summed E-state index contributed by atoms with van der Waals surface area (Å²) in [6.07, 6.45) is -3.57. The molecule has 6 nitrogen and oxygen atoms in total. The number of ether oxygens (including phenoxy) is 2. The lowest BCUT2D eigenvalue weighted by Crippen LogP contribution is -2.10. The van der Waals surface area contributed by atoms with Gasteiger partial charge in [-0.25, -0.2) is 15.0 Å². The van der Waals surface area contributed by atoms with E-state index in [1.165, 1.54) is 14.2 Å². The van der Waals surface area contributed by atoms with Gasteiger partial charge in [0.15, 0.2) is 5.65 Å². The Bertz CT molecular complexity index is 861. The minimum Gasteiger partial charge on any atom is -0.497 e. The van der Waals surface area contributed by atoms with Crippen LogP contribution in [0.25, 0.3) is 22.6 Å². The summed E-state index contributed by atoms with van der Waals surface area (Å²) in [5.74, 6) is 0.145. The number of nitrogens with one attached hydrogen (secondary N) is 1. The largest absolute Gasteiger partial charge is 0.497 e. The molecule has 0 bridgehead atoms. The Morgan fingerprint density at radius 1 is 1.09 bits per heavy atom. The Balaban J connectivity index is 2.10. The number of halogens is 3. The monoisotopic (exact) mass is 324 g/mol. The van der Waals surface area contributed by atoms with Crippen LogP contribution in [0.4, 0.5) is 13.2 Å². The van der Waals surface area contributed by atoms with Gasteiger partial charge in [0.1, 0.15) is 22.8 Å². The van der Waals surface area contributed by atoms with Crippen molar-refractivity contribution in [2.24, 2.45) is 0 Å². The number of hydrogen-bond acceptors (Lipinski definition) is 5. The molecule has 120 valence electrons. The predicted octanol–water partition coefficient (Wildman–Crippen LogP) is 3.06. The normalized spacial score (nSPS) is 11.7. The van der Waals surface area contributed by atoms with Gasteiger partial charge in [-0.05, 0) is 12.1 Å². The fourth-order valence-electron chi connectivity index (χ4n) is 2.07. The van der Waals surface area contributed by atoms with E-state index in [0.717, 1.165) is 6.20 Å². The molecule has 0 atom stereocenters. The van der Waals surface area contributed by atoms with E-state index < -0.39 is 12.0 Å². The van der Waals surface area contributed by atoms with E-state index in [1.807, 2.05) is 0 Å². The zero-order valence-corrected chi connectivity index (χ0v) is 12.1. The van der Waals surface area contributed by atoms with Crippen molar-refractivity contribution in [3.8, 4) is 22.9 Å². The standard InChI is InChI=1S/C14H11F3N4O2/c1-22-7-3-4-8(10(5-7)23-2)11-19-9-6-18-13(14(15,16)17)21-12(9)20-11/h3-6H,1-2H3,(H,18,19,20,21). The number of imidazole rings is 1. The SMILES string of the molecule is COc1ccc(-c2nc3nc(C(F)(F)F)ncc3[nH]2)c(OC)c1. The van der Waals surface area contributed by atoms with Crippen LogP contribution < -0.4 is 9.47 Å². The molecule has 0 aliphatic heterocycles. The van der Waals surface area contributed by atoms with E-state index in [9.17, 15) is 13.2 Å². The number of alkyl halides is 3. The van der Waals surface area contributed by atoms with Crippen molar-refractivity contribution >= 4 is 11.2 Å². The second-order valence-corrected chi connectivity index (χ2v) is 4.58. The second-order valence-electron chi connectivity index (χ2n) is 4.58. The van der Waals surface area contributed by atoms with Gasteiger partial charge in [-0.2, -0.15) is 13.2 Å². The average Bonchev–Trinajstić information content (AvgIpc) is 2.96. The molecule has 0 fully saturated rings. The Morgan fingerprint density at radius 3 is 2.52 bits per heavy atom. The molecule has 0 spiro atoms. The molecule has 0 saturated heterocycles. The van der Waals surface area contributed by atoms with Gasteiger partial charge in [0, 0.05) is 6.07 Å². The topological polar surface area (TPSA) is 72.9 Å². The Kier molecular flexibility index (Phi) is 3.55. The summed E-state index contributed by atoms with van der Waals surface area (Å²) in [7, 11) is 2.99. The highest BCUT2D eigenvalue weighted by Crippen LogP contribution is 2.33. The third-order valence-corrected chi connectivity index (χ3v) is 3.16. The fourth-order valence-corrected chi connectivity index (χ4v) is 2.07. The van der Waals surface area contributed by atoms with E-state index in [-0.39, 0.29) is 5.65 Å². The second kappa shape index (κ2) is 5.41. The lowest BCUT2D eigenvalue weighted by atomic mass is 10.2. The molecule has 0 aliphatic carbocycles. The van der Waals surface area contributed by atoms with Gasteiger partial charge >= 0.3 is 6.18 Å². The summed E-state index contributed by atoms with van der Waals surface area (Å²) in [4.78, 5) is 13.7. The molecule has 23 heavy (non-hydrogen) atoms. The summed E-state index contributed by atoms with van der Waals surface area (Å²) in [6.45, 7) is 0. The minimum absolute atomic E-state index is 0.0693. The number of aromatic nitrogens is 4. The molecule has 0 radical (unpaired) electrons. The highest BCUT2D eigenvalue weighted by atomic mass is 19.4. The van der Waals surface area contributed by atoms with Crippen LogP contribution in [0.1, 0.15) is 5.82 Å². The maximum absolute atomic E-state index is 12.7. The van der Waals surface area contributed by atoms with Crippen LogP contribution in [0.3, 0.4) is 0 Å². The van der Waals surface area contributed by atoms with Crippen LogP contribution >= 0.6 is 0 Å². The molecule has 0 aliphatic rings. The van der Waals surface area contributed by atoms with Gasteiger partial charge in [0.25, 0.3) is 0 Å². The number of fused-ring (bicyclic) bond motifs is 1. The van der Waals surface area contributed by atoms with E-state index >= 15 is 0 Å². The van der Waals surface area contributed by atoms with Gasteiger partial charge in [0.2, 0.25) is 5.82 Å². The third-order valence-electron chi connectivity index (χ3n) is 3.16. The number of benzene rings is 1. The third kappa shape index (κ3) is 2.77. The van der Waals surface area contributed by atoms with Gasteiger partial charge in [0.05, 0.1) is 26.0 Å². The van der Waals surface area contributed by atoms with E-state index in [0.29, 0.717) is 28.4 Å². The van der Waals surface area contributed by atoms with Crippen LogP contribution in [-0.2, 0) is 6.18 Å². The van der Waals surface area contributed by atoms with Crippen molar-refractivity contribution in [3.05, 3.63) is 30.2 Å². The van der Waals surface area contributed by atoms with E-state index in [4.69, 9.17) is 9.47 Å². The van der Waals surface area contributed by atoms with Crippen molar-refractivity contribution in [2.45, 2.75) is 6.18 Å². The summed E-state index contributed by atoms with van der Waals surface area (Å²) in [5.41, 5.74) is 0.797. The first kappa shape index (κ1) is 15.1. The molecule has 3 aromatic rings. The van der Waals surface area contributed by atoms with Crippen molar-refractivity contribution in [1.82, 2.24) is 19.9 Å². The highest BCUT2D eigenvalue weighted by Gasteiger charge is 2.35. The van der Waals surface area contributed by atoms with Gasteiger partial charge in [-0.1, -0.05) is 0 Å². The molecule has 2 aromatic heterocycles. The molecule has 9 heteroatoms. The molecule has 0 unspecified atom stereocenters. The summed E-state index contributed by atoms with van der Waals surface area (Å²) < 4.78 is 48.3. The predicted molar refractivity (Wildman–Crippen MR) is 75.2 cm³/mol. The Morgan fingerprint density at radius 2 is 1.87 bits per heavy atom. The van der Waals surface area contributed by atoms with Crippen LogP contribution in [0.2, 0.25) is 0 Å². The van der Waals surface area contributed by atoms with Crippen LogP contribution in [0.5, 0.6) is 11.5 Å². The smallest absolute Gasteiger partial charge is 0.451 e. The number of nitrogens with zero attached hydrogens (tertiary/aromatic N) is 3. The first-order valence-electron chi connectivity index (χ1n) is 6.44. The molecular formula is C14H11F3N4O2. The van der Waals surface area contributed by atoms with E-state index in [1.54, 1.807) is 18.2 Å². The van der Waals surface area contributed by atoms with Crippen LogP contribution in [0, 0.1) is 0 Å². The van der Waals surface area contributed by atoms with Crippen molar-refractivity contribution in [2.75, 3.05) is 14.2 Å². The lowest BCUT2D eigenvalue weighted by Gasteiger charge is -2.08. The maximum Gasteiger partial charge on any atom is 0.451 e. The number of rotatable bonds is 3. The molecule has 2 heterocycles. The van der Waals surface area contributed by atoms with Crippen molar-refractivity contribution in [3.63, 3.8) is 0 Å². The number of hydrogen-bond donors (Lipinski definition) is 1. The zero-order valence-electron chi connectivity index (χ0n) is 12.1. The molecule has 1 N–H and O–H groups in total. The molecular weight excluding hydrogens is 313 g/mol. The highest BCUT2D eigenvalue weighted by molar-refractivity contribution is 5.77. The first-order chi connectivity index (χ1) is 10.9. The van der Waals surface area contributed by atoms with Gasteiger partial charge < -0.3 is 14.5 Å². The maximum atomic E-state index is 12.7. The van der Waals surface area contributed by atoms with Crippen molar-refractivity contribution in [1.29, 1.82) is 0 Å². The molecule has 0 saturated carbocycles. The number of H-pyrrole nitrogens is 1. The Hall–Kier alpha value is -2.84. The molecule has 1 aromatic carbocycles. The molecule has 0 amide bonds. The minimum atomic E-state index is -4.62. The summed E-state index contributed by atoms with van der Waals surface area (Å²) >= 11 is 0. The lowest BCUT2D eigenvalue weighted by molar-refractivity contribution is -0.144. The Labute approximate surface area is 128 Å². The number of aromatic amines is 1. The van der Waals surface area contributed by atoms with Crippen molar-refractivity contribution < 1.29 is 22.6 Å². The average molecular weight is 324 g/mol. The zero-order chi connectivity index (χ0) is 16.6. The van der Waals surface area contributed by atoms with Gasteiger partial charge in [-0.15, -0.1) is 0 Å². The summed E-state index contributed by atoms with van der Waals surface area (Å²) in [6, 6.07) is 5.03. The quantitative estimate of drug-likeness (QED) is 0.801. The summed E-state index contributed by atoms with van der Waals surface area (Å²) in [5, 5.41) is 0. The fraction of sp³-hybridized carbons (Fsp3) is 0.214.